The van der Waals surface area contributed by atoms with Gasteiger partial charge in [0.15, 0.2) is 0 Å². The van der Waals surface area contributed by atoms with Crippen molar-refractivity contribution in [2.45, 2.75) is 58.6 Å². The van der Waals surface area contributed by atoms with Crippen LogP contribution < -0.4 is 5.56 Å². The molecule has 1 aliphatic carbocycles. The van der Waals surface area contributed by atoms with Gasteiger partial charge >= 0.3 is 6.09 Å². The van der Waals surface area contributed by atoms with Gasteiger partial charge in [0.2, 0.25) is 0 Å². The third kappa shape index (κ3) is 3.15. The molecule has 3 heterocycles. The van der Waals surface area contributed by atoms with Crippen molar-refractivity contribution in [2.75, 3.05) is 6.54 Å². The number of ether oxygens (including phenoxy) is 1. The van der Waals surface area contributed by atoms with E-state index >= 15 is 0 Å². The largest absolute Gasteiger partial charge is 0.444 e. The number of carbonyl (C=O) groups excluding carboxylic acids is 1. The number of aromatic nitrogens is 3. The fourth-order valence-electron chi connectivity index (χ4n) is 3.35. The Morgan fingerprint density at radius 2 is 2.16 bits per heavy atom. The number of H-pyrrole nitrogens is 1. The molecule has 25 heavy (non-hydrogen) atoms. The van der Waals surface area contributed by atoms with Gasteiger partial charge in [0.05, 0.1) is 18.4 Å². The molecule has 1 N–H and O–H groups in total. The third-order valence-corrected chi connectivity index (χ3v) is 4.78. The number of hydrogen-bond donors (Lipinski definition) is 1. The molecule has 0 aromatic carbocycles. The van der Waals surface area contributed by atoms with Gasteiger partial charge in [-0.15, -0.1) is 0 Å². The van der Waals surface area contributed by atoms with Crippen LogP contribution in [0.4, 0.5) is 4.79 Å². The molecule has 1 aliphatic heterocycles. The van der Waals surface area contributed by atoms with E-state index in [-0.39, 0.29) is 11.7 Å². The summed E-state index contributed by atoms with van der Waals surface area (Å²) in [7, 11) is 0. The number of hydrogen-bond acceptors (Lipinski definition) is 4. The van der Waals surface area contributed by atoms with Crippen LogP contribution >= 0.6 is 0 Å². The minimum Gasteiger partial charge on any atom is -0.444 e. The second-order valence-corrected chi connectivity index (χ2v) is 8.11. The van der Waals surface area contributed by atoms with E-state index in [0.717, 1.165) is 23.3 Å². The standard InChI is InChI=1S/C18H24N4O3/c1-18(2,3)25-17(24)21-7-6-13-14(10-21)22-15(20-16(13)23)12(9-19-22)8-11-4-5-11/h9,11H,4-8,10H2,1-3H3,(H,20,23). The summed E-state index contributed by atoms with van der Waals surface area (Å²) in [5.74, 6) is 0.714. The molecule has 7 nitrogen and oxygen atoms in total. The summed E-state index contributed by atoms with van der Waals surface area (Å²) in [6.07, 6.45) is 5.46. The van der Waals surface area contributed by atoms with E-state index in [1.807, 2.05) is 27.0 Å². The Labute approximate surface area is 146 Å². The Morgan fingerprint density at radius 3 is 2.84 bits per heavy atom. The van der Waals surface area contributed by atoms with Gasteiger partial charge in [-0.1, -0.05) is 0 Å². The van der Waals surface area contributed by atoms with Crippen molar-refractivity contribution in [2.24, 2.45) is 5.92 Å². The summed E-state index contributed by atoms with van der Waals surface area (Å²) in [5, 5.41) is 4.49. The number of nitrogens with one attached hydrogen (secondary N) is 1. The quantitative estimate of drug-likeness (QED) is 0.906. The average molecular weight is 344 g/mol. The lowest BCUT2D eigenvalue weighted by Crippen LogP contribution is -2.42. The molecule has 4 rings (SSSR count). The van der Waals surface area contributed by atoms with E-state index in [4.69, 9.17) is 4.74 Å². The van der Waals surface area contributed by atoms with Crippen LogP contribution in [0.1, 0.15) is 50.4 Å². The minimum atomic E-state index is -0.538. The Morgan fingerprint density at radius 1 is 1.40 bits per heavy atom. The SMILES string of the molecule is CC(C)(C)OC(=O)N1CCc2c(n3ncc(CC4CC4)c3[nH]c2=O)C1. The highest BCUT2D eigenvalue weighted by Gasteiger charge is 2.30. The lowest BCUT2D eigenvalue weighted by Gasteiger charge is -2.30. The van der Waals surface area contributed by atoms with Crippen molar-refractivity contribution >= 4 is 11.7 Å². The Bertz CT molecular complexity index is 886. The van der Waals surface area contributed by atoms with Crippen molar-refractivity contribution in [3.63, 3.8) is 0 Å². The van der Waals surface area contributed by atoms with Crippen LogP contribution in [0.5, 0.6) is 0 Å². The van der Waals surface area contributed by atoms with Crippen LogP contribution in [0.3, 0.4) is 0 Å². The second-order valence-electron chi connectivity index (χ2n) is 8.11. The molecule has 2 aliphatic rings. The van der Waals surface area contributed by atoms with E-state index in [2.05, 4.69) is 10.1 Å². The molecule has 2 aromatic heterocycles. The van der Waals surface area contributed by atoms with Crippen LogP contribution in [0.2, 0.25) is 0 Å². The van der Waals surface area contributed by atoms with Crippen LogP contribution in [0, 0.1) is 5.92 Å². The van der Waals surface area contributed by atoms with Gasteiger partial charge in [-0.2, -0.15) is 5.10 Å². The van der Waals surface area contributed by atoms with Crippen molar-refractivity contribution in [3.8, 4) is 0 Å². The highest BCUT2D eigenvalue weighted by Crippen LogP contribution is 2.33. The van der Waals surface area contributed by atoms with Gasteiger partial charge in [0.1, 0.15) is 11.2 Å². The number of nitrogens with zero attached hydrogens (tertiary/aromatic N) is 3. The predicted molar refractivity (Wildman–Crippen MR) is 92.6 cm³/mol. The molecule has 0 radical (unpaired) electrons. The van der Waals surface area contributed by atoms with Gasteiger partial charge in [-0.3, -0.25) is 4.79 Å². The molecule has 0 bridgehead atoms. The molecule has 7 heteroatoms. The zero-order chi connectivity index (χ0) is 17.8. The first-order valence-electron chi connectivity index (χ1n) is 8.90. The van der Waals surface area contributed by atoms with E-state index < -0.39 is 5.60 Å². The molecule has 134 valence electrons. The van der Waals surface area contributed by atoms with Gasteiger partial charge < -0.3 is 14.6 Å². The van der Waals surface area contributed by atoms with E-state index in [0.29, 0.717) is 31.0 Å². The smallest absolute Gasteiger partial charge is 0.410 e. The first-order valence-corrected chi connectivity index (χ1v) is 8.90. The predicted octanol–water partition coefficient (Wildman–Crippen LogP) is 2.27. The van der Waals surface area contributed by atoms with Crippen molar-refractivity contribution in [1.82, 2.24) is 19.5 Å². The van der Waals surface area contributed by atoms with E-state index in [1.54, 1.807) is 9.42 Å². The highest BCUT2D eigenvalue weighted by molar-refractivity contribution is 5.68. The lowest BCUT2D eigenvalue weighted by atomic mass is 10.1. The van der Waals surface area contributed by atoms with Gasteiger partial charge in [0.25, 0.3) is 5.56 Å². The number of rotatable bonds is 2. The van der Waals surface area contributed by atoms with Gasteiger partial charge in [-0.05, 0) is 52.4 Å². The van der Waals surface area contributed by atoms with Gasteiger partial charge in [0, 0.05) is 17.7 Å². The number of amides is 1. The fraction of sp³-hybridized carbons (Fsp3) is 0.611. The normalized spacial score (nSPS) is 17.6. The van der Waals surface area contributed by atoms with Gasteiger partial charge in [-0.25, -0.2) is 9.31 Å². The zero-order valence-electron chi connectivity index (χ0n) is 15.0. The molecule has 1 fully saturated rings. The molecule has 2 aromatic rings. The zero-order valence-corrected chi connectivity index (χ0v) is 15.0. The van der Waals surface area contributed by atoms with E-state index in [1.165, 1.54) is 12.8 Å². The molecular formula is C18H24N4O3. The lowest BCUT2D eigenvalue weighted by molar-refractivity contribution is 0.0219. The molecule has 0 atom stereocenters. The molecule has 0 spiro atoms. The summed E-state index contributed by atoms with van der Waals surface area (Å²) >= 11 is 0. The summed E-state index contributed by atoms with van der Waals surface area (Å²) in [5.41, 5.74) is 2.75. The highest BCUT2D eigenvalue weighted by atomic mass is 16.6. The summed E-state index contributed by atoms with van der Waals surface area (Å²) in [6, 6.07) is 0. The van der Waals surface area contributed by atoms with Crippen molar-refractivity contribution < 1.29 is 9.53 Å². The summed E-state index contributed by atoms with van der Waals surface area (Å²) in [4.78, 5) is 29.5. The first kappa shape index (κ1) is 16.2. The fourth-order valence-corrected chi connectivity index (χ4v) is 3.35. The number of aromatic amines is 1. The Kier molecular flexibility index (Phi) is 3.63. The van der Waals surface area contributed by atoms with Crippen LogP contribution in [-0.4, -0.2) is 37.7 Å². The summed E-state index contributed by atoms with van der Waals surface area (Å²) in [6.45, 7) is 6.37. The molecular weight excluding hydrogens is 320 g/mol. The topological polar surface area (TPSA) is 79.7 Å². The second kappa shape index (κ2) is 5.61. The summed E-state index contributed by atoms with van der Waals surface area (Å²) < 4.78 is 7.27. The Hall–Kier alpha value is -2.31. The maximum atomic E-state index is 12.5. The molecule has 0 saturated heterocycles. The monoisotopic (exact) mass is 344 g/mol. The maximum absolute atomic E-state index is 12.5. The number of carbonyl (C=O) groups is 1. The minimum absolute atomic E-state index is 0.0658. The van der Waals surface area contributed by atoms with Crippen LogP contribution in [-0.2, 0) is 24.1 Å². The van der Waals surface area contributed by atoms with Crippen molar-refractivity contribution in [1.29, 1.82) is 0 Å². The van der Waals surface area contributed by atoms with Crippen LogP contribution in [0.25, 0.3) is 5.65 Å². The average Bonchev–Trinajstić information content (AvgIpc) is 3.26. The Balaban J connectivity index is 1.68. The first-order chi connectivity index (χ1) is 11.8. The number of fused-ring (bicyclic) bond motifs is 3. The van der Waals surface area contributed by atoms with Crippen molar-refractivity contribution in [3.05, 3.63) is 33.4 Å². The molecule has 1 amide bonds. The third-order valence-electron chi connectivity index (χ3n) is 4.78. The maximum Gasteiger partial charge on any atom is 0.410 e. The molecule has 1 saturated carbocycles. The molecule has 0 unspecified atom stereocenters. The van der Waals surface area contributed by atoms with Crippen LogP contribution in [0.15, 0.2) is 11.0 Å². The van der Waals surface area contributed by atoms with E-state index in [9.17, 15) is 9.59 Å².